The van der Waals surface area contributed by atoms with E-state index in [0.717, 1.165) is 0 Å². The molecule has 2 radical (unpaired) electrons. The number of rotatable bonds is 1. The fourth-order valence-corrected chi connectivity index (χ4v) is 0. The van der Waals surface area contributed by atoms with Gasteiger partial charge in [0.2, 0.25) is 0 Å². The fraction of sp³-hybridized carbons (Fsp3) is 0. The molecule has 0 N–H and O–H groups in total. The third-order valence-electron chi connectivity index (χ3n) is 0.167. The normalized spacial score (nSPS) is 12.7. The van der Waals surface area contributed by atoms with E-state index < -0.39 is 19.3 Å². The molecular weight excluding hydrogens is 203 g/mol. The molecule has 0 amide bonds. The van der Waals surface area contributed by atoms with Crippen molar-refractivity contribution in [2.75, 3.05) is 0 Å². The zero-order valence-corrected chi connectivity index (χ0v) is 8.62. The molecule has 0 spiro atoms. The number of hydrogen-bond acceptors (Lipinski definition) is 5. The van der Waals surface area contributed by atoms with Crippen molar-refractivity contribution in [2.45, 2.75) is 0 Å². The number of hydrogen-bond donors (Lipinski definition) is 0. The summed E-state index contributed by atoms with van der Waals surface area (Å²) in [5, 5.41) is 0. The van der Waals surface area contributed by atoms with Gasteiger partial charge in [-0.25, -0.2) is 8.42 Å². The van der Waals surface area contributed by atoms with E-state index in [1.165, 1.54) is 0 Å². The summed E-state index contributed by atoms with van der Waals surface area (Å²) in [7, 11) is -8.59. The molecule has 0 fully saturated rings. The second-order valence-electron chi connectivity index (χ2n) is 0.612. The van der Waals surface area contributed by atoms with Crippen molar-refractivity contribution in [3.8, 4) is 0 Å². The van der Waals surface area contributed by atoms with Crippen LogP contribution in [0.25, 0.3) is 0 Å². The van der Waals surface area contributed by atoms with Gasteiger partial charge in [0.1, 0.15) is 0 Å². The first-order chi connectivity index (χ1) is 2.94. The zero-order valence-electron chi connectivity index (χ0n) is 4.24. The second kappa shape index (κ2) is 6.05. The van der Waals surface area contributed by atoms with Gasteiger partial charge in [-0.15, -0.1) is 0 Å². The Balaban J connectivity index is -0.000000180. The predicted octanol–water partition coefficient (Wildman–Crippen LogP) is -4.67. The Morgan fingerprint density at radius 2 is 1.44 bits per heavy atom. The summed E-state index contributed by atoms with van der Waals surface area (Å²) >= 11 is 0. The summed E-state index contributed by atoms with van der Waals surface area (Å²) < 4.78 is 45.7. The molecule has 0 saturated carbocycles. The van der Waals surface area contributed by atoms with Gasteiger partial charge in [-0.2, -0.15) is 0 Å². The van der Waals surface area contributed by atoms with E-state index in [0.29, 0.717) is 0 Å². The molecule has 9 heavy (non-hydrogen) atoms. The van der Waals surface area contributed by atoms with Crippen LogP contribution >= 0.6 is 0 Å². The van der Waals surface area contributed by atoms with Crippen molar-refractivity contribution in [1.82, 2.24) is 0 Å². The summed E-state index contributed by atoms with van der Waals surface area (Å²) in [6, 6.07) is 0. The molecule has 0 rings (SSSR count). The van der Waals surface area contributed by atoms with Gasteiger partial charge in [0, 0.05) is 0 Å². The maximum Gasteiger partial charge on any atom is 1.00 e. The maximum absolute atomic E-state index is 9.16. The van der Waals surface area contributed by atoms with Crippen molar-refractivity contribution in [2.24, 2.45) is 0 Å². The van der Waals surface area contributed by atoms with Crippen LogP contribution in [0.15, 0.2) is 0 Å². The van der Waals surface area contributed by atoms with Gasteiger partial charge < -0.3 is 9.11 Å². The largest absolute Gasteiger partial charge is 1.00 e. The van der Waals surface area contributed by atoms with Gasteiger partial charge in [-0.05, 0) is 0 Å². The van der Waals surface area contributed by atoms with Crippen LogP contribution in [0.3, 0.4) is 0 Å². The summed E-state index contributed by atoms with van der Waals surface area (Å²) in [4.78, 5) is 0. The fourth-order valence-electron chi connectivity index (χ4n) is 0. The monoisotopic (exact) mass is 202 g/mol. The molecule has 1 unspecified atom stereocenters. The van der Waals surface area contributed by atoms with Crippen LogP contribution in [0.1, 0.15) is 0 Å². The quantitative estimate of drug-likeness (QED) is 0.184. The van der Waals surface area contributed by atoms with Crippen LogP contribution in [0.5, 0.6) is 0 Å². The van der Waals surface area contributed by atoms with Gasteiger partial charge in [-0.3, -0.25) is 4.21 Å². The summed E-state index contributed by atoms with van der Waals surface area (Å²) in [6.45, 7) is 0. The Bertz CT molecular complexity index is 169. The zero-order chi connectivity index (χ0) is 6.08. The SMILES string of the molecule is O=S([O-])S(=O)(=O)[O-].[Cl+].[Na+]. The van der Waals surface area contributed by atoms with Crippen molar-refractivity contribution in [1.29, 1.82) is 0 Å². The van der Waals surface area contributed by atoms with Crippen molar-refractivity contribution in [3.63, 3.8) is 0 Å². The molecule has 0 saturated heterocycles. The maximum atomic E-state index is 9.16. The van der Waals surface area contributed by atoms with E-state index in [1.807, 2.05) is 0 Å². The molecule has 50 valence electrons. The summed E-state index contributed by atoms with van der Waals surface area (Å²) in [6.07, 6.45) is 0. The van der Waals surface area contributed by atoms with Crippen molar-refractivity contribution in [3.05, 3.63) is 0 Å². The van der Waals surface area contributed by atoms with Gasteiger partial charge in [-0.1, -0.05) is 0 Å². The Hall–Kier alpha value is 1.31. The molecule has 5 nitrogen and oxygen atoms in total. The molecule has 9 heteroatoms. The molecule has 0 heterocycles. The third-order valence-corrected chi connectivity index (χ3v) is 1.50. The summed E-state index contributed by atoms with van der Waals surface area (Å²) in [5.74, 6) is 0. The Labute approximate surface area is 82.3 Å². The van der Waals surface area contributed by atoms with Gasteiger partial charge in [0.05, 0.1) is 10.1 Å². The van der Waals surface area contributed by atoms with E-state index in [2.05, 4.69) is 0 Å². The second-order valence-corrected chi connectivity index (χ2v) is 3.88. The first kappa shape index (κ1) is 16.7. The minimum atomic E-state index is -5.07. The topological polar surface area (TPSA) is 97.3 Å². The smallest absolute Gasteiger partial charge is 0.761 e. The molecule has 0 aliphatic rings. The van der Waals surface area contributed by atoms with Gasteiger partial charge >= 0.3 is 42.0 Å². The van der Waals surface area contributed by atoms with Gasteiger partial charge in [0.25, 0.3) is 0 Å². The van der Waals surface area contributed by atoms with E-state index in [4.69, 9.17) is 21.7 Å². The molecule has 0 aromatic heterocycles. The van der Waals surface area contributed by atoms with Crippen LogP contribution in [0.4, 0.5) is 0 Å². The first-order valence-electron chi connectivity index (χ1n) is 1.00. The average molecular weight is 203 g/mol. The number of halogens is 1. The van der Waals surface area contributed by atoms with E-state index in [-0.39, 0.29) is 42.0 Å². The standard InChI is InChI=1S/Cl.Na.H2O5S2/c;;1-6(2)7(3,4)5/h;;(H,1,2)(H,3,4,5)/q2*+1;/p-2. The Morgan fingerprint density at radius 3 is 1.44 bits per heavy atom. The average Bonchev–Trinajstić information content (AvgIpc) is 1.31. The van der Waals surface area contributed by atoms with E-state index in [9.17, 15) is 0 Å². The van der Waals surface area contributed by atoms with Crippen LogP contribution in [-0.2, 0) is 19.3 Å². The third kappa shape index (κ3) is 9.31. The minimum Gasteiger partial charge on any atom is -0.761 e. The molecule has 0 aromatic rings. The van der Waals surface area contributed by atoms with Crippen LogP contribution in [0, 0.1) is 12.4 Å². The van der Waals surface area contributed by atoms with E-state index >= 15 is 0 Å². The summed E-state index contributed by atoms with van der Waals surface area (Å²) in [5.41, 5.74) is 0. The van der Waals surface area contributed by atoms with Crippen molar-refractivity contribution < 1.29 is 63.7 Å². The molecule has 0 aromatic carbocycles. The predicted molar refractivity (Wildman–Crippen MR) is 18.6 cm³/mol. The molecular formula is ClNaO5S2. The minimum absolute atomic E-state index is 0. The Morgan fingerprint density at radius 1 is 1.33 bits per heavy atom. The van der Waals surface area contributed by atoms with Crippen LogP contribution in [0.2, 0.25) is 0 Å². The Kier molecular flexibility index (Phi) is 11.2. The van der Waals surface area contributed by atoms with Gasteiger partial charge in [0.15, 0.2) is 9.15 Å². The molecule has 0 bridgehead atoms. The van der Waals surface area contributed by atoms with Crippen LogP contribution in [-0.4, -0.2) is 21.7 Å². The molecule has 1 atom stereocenters. The first-order valence-corrected chi connectivity index (χ1v) is 4.00. The van der Waals surface area contributed by atoms with Crippen LogP contribution < -0.4 is 29.6 Å². The molecule has 0 aliphatic heterocycles. The molecule has 0 aliphatic carbocycles. The van der Waals surface area contributed by atoms with E-state index in [1.54, 1.807) is 0 Å². The van der Waals surface area contributed by atoms with Crippen molar-refractivity contribution >= 4 is 19.3 Å².